The molecule has 1 atom stereocenters. The van der Waals surface area contributed by atoms with Crippen molar-refractivity contribution in [1.29, 1.82) is 0 Å². The van der Waals surface area contributed by atoms with E-state index in [0.717, 1.165) is 25.1 Å². The van der Waals surface area contributed by atoms with E-state index in [-0.39, 0.29) is 24.0 Å². The molecule has 3 rings (SSSR count). The fraction of sp³-hybridized carbons (Fsp3) is 0.421. The van der Waals surface area contributed by atoms with Gasteiger partial charge in [-0.15, -0.1) is 0 Å². The smallest absolute Gasteiger partial charge is 0.337 e. The van der Waals surface area contributed by atoms with Gasteiger partial charge in [0.25, 0.3) is 0 Å². The number of carboxylic acids is 1. The van der Waals surface area contributed by atoms with Crippen LogP contribution in [0.2, 0.25) is 0 Å². The topological polar surface area (TPSA) is 106 Å². The fourth-order valence-electron chi connectivity index (χ4n) is 3.30. The molecule has 8 nitrogen and oxygen atoms in total. The van der Waals surface area contributed by atoms with E-state index < -0.39 is 5.97 Å². The van der Waals surface area contributed by atoms with Crippen LogP contribution in [0.25, 0.3) is 11.3 Å². The maximum atomic E-state index is 12.1. The maximum Gasteiger partial charge on any atom is 0.337 e. The standard InChI is InChI=1S/C19H22N4O4/c1-12-21-16(13-4-3-5-23(10-13)18(24)11-27-2)7-17(22-12)14-6-15(19(25)26)9-20-8-14/h6-9,13H,3-5,10-11H2,1-2H3,(H,25,26)/t13-/m1/s1. The molecule has 0 saturated carbocycles. The molecule has 3 heterocycles. The van der Waals surface area contributed by atoms with Crippen LogP contribution in [0.3, 0.4) is 0 Å². The molecule has 0 aromatic carbocycles. The number of methoxy groups -OCH3 is 1. The van der Waals surface area contributed by atoms with Crippen molar-refractivity contribution >= 4 is 11.9 Å². The van der Waals surface area contributed by atoms with E-state index in [1.165, 1.54) is 13.3 Å². The van der Waals surface area contributed by atoms with Crippen molar-refractivity contribution in [3.8, 4) is 11.3 Å². The molecule has 0 spiro atoms. The molecule has 1 N–H and O–H groups in total. The molecule has 142 valence electrons. The highest BCUT2D eigenvalue weighted by molar-refractivity contribution is 5.88. The number of ether oxygens (including phenoxy) is 1. The number of aromatic carboxylic acids is 1. The number of pyridine rings is 1. The number of aromatic nitrogens is 3. The van der Waals surface area contributed by atoms with Gasteiger partial charge in [0.15, 0.2) is 0 Å². The molecule has 0 unspecified atom stereocenters. The van der Waals surface area contributed by atoms with Gasteiger partial charge in [-0.05, 0) is 31.9 Å². The van der Waals surface area contributed by atoms with E-state index in [1.54, 1.807) is 24.1 Å². The Hall–Kier alpha value is -2.87. The van der Waals surface area contributed by atoms with Crippen LogP contribution in [0.1, 0.15) is 40.6 Å². The molecule has 8 heteroatoms. The van der Waals surface area contributed by atoms with Crippen molar-refractivity contribution in [2.75, 3.05) is 26.8 Å². The molecule has 0 radical (unpaired) electrons. The van der Waals surface area contributed by atoms with Crippen molar-refractivity contribution in [2.45, 2.75) is 25.7 Å². The lowest BCUT2D eigenvalue weighted by Crippen LogP contribution is -2.41. The van der Waals surface area contributed by atoms with E-state index in [9.17, 15) is 14.7 Å². The van der Waals surface area contributed by atoms with Crippen molar-refractivity contribution in [1.82, 2.24) is 19.9 Å². The number of piperidine rings is 1. The van der Waals surface area contributed by atoms with Gasteiger partial charge in [-0.3, -0.25) is 9.78 Å². The molecule has 1 aliphatic rings. The van der Waals surface area contributed by atoms with Gasteiger partial charge in [0.2, 0.25) is 5.91 Å². The first-order valence-corrected chi connectivity index (χ1v) is 8.79. The summed E-state index contributed by atoms with van der Waals surface area (Å²) >= 11 is 0. The summed E-state index contributed by atoms with van der Waals surface area (Å²) in [5, 5.41) is 9.17. The number of likely N-dealkylation sites (tertiary alicyclic amines) is 1. The van der Waals surface area contributed by atoms with E-state index in [0.29, 0.717) is 23.6 Å². The molecular formula is C19H22N4O4. The summed E-state index contributed by atoms with van der Waals surface area (Å²) in [4.78, 5) is 38.1. The summed E-state index contributed by atoms with van der Waals surface area (Å²) in [5.41, 5.74) is 2.23. The average molecular weight is 370 g/mol. The van der Waals surface area contributed by atoms with Gasteiger partial charge in [-0.2, -0.15) is 0 Å². The molecule has 0 bridgehead atoms. The third-order valence-corrected chi connectivity index (χ3v) is 4.60. The van der Waals surface area contributed by atoms with Crippen LogP contribution in [0.15, 0.2) is 24.5 Å². The Morgan fingerprint density at radius 1 is 1.30 bits per heavy atom. The van der Waals surface area contributed by atoms with E-state index in [2.05, 4.69) is 15.0 Å². The fourth-order valence-corrected chi connectivity index (χ4v) is 3.30. The first kappa shape index (κ1) is 18.9. The minimum Gasteiger partial charge on any atom is -0.478 e. The predicted octanol–water partition coefficient (Wildman–Crippen LogP) is 1.90. The number of amides is 1. The van der Waals surface area contributed by atoms with Gasteiger partial charge in [0.1, 0.15) is 12.4 Å². The highest BCUT2D eigenvalue weighted by atomic mass is 16.5. The molecular weight excluding hydrogens is 348 g/mol. The third kappa shape index (κ3) is 4.46. The Kier molecular flexibility index (Phi) is 5.75. The summed E-state index contributed by atoms with van der Waals surface area (Å²) in [6.45, 7) is 3.19. The average Bonchev–Trinajstić information content (AvgIpc) is 2.68. The second kappa shape index (κ2) is 8.22. The zero-order valence-electron chi connectivity index (χ0n) is 15.4. The molecule has 1 aliphatic heterocycles. The number of aryl methyl sites for hydroxylation is 1. The second-order valence-corrected chi connectivity index (χ2v) is 6.60. The summed E-state index contributed by atoms with van der Waals surface area (Å²) in [6.07, 6.45) is 4.73. The van der Waals surface area contributed by atoms with Crippen LogP contribution >= 0.6 is 0 Å². The number of hydrogen-bond donors (Lipinski definition) is 1. The monoisotopic (exact) mass is 370 g/mol. The minimum atomic E-state index is -1.03. The van der Waals surface area contributed by atoms with Gasteiger partial charge in [0.05, 0.1) is 11.3 Å². The molecule has 1 fully saturated rings. The summed E-state index contributed by atoms with van der Waals surface area (Å²) in [7, 11) is 1.51. The van der Waals surface area contributed by atoms with Crippen LogP contribution in [0, 0.1) is 6.92 Å². The van der Waals surface area contributed by atoms with E-state index >= 15 is 0 Å². The number of rotatable bonds is 5. The second-order valence-electron chi connectivity index (χ2n) is 6.60. The van der Waals surface area contributed by atoms with E-state index in [1.807, 2.05) is 6.07 Å². The van der Waals surface area contributed by atoms with Crippen LogP contribution < -0.4 is 0 Å². The van der Waals surface area contributed by atoms with Crippen LogP contribution in [0.5, 0.6) is 0 Å². The molecule has 0 aliphatic carbocycles. The predicted molar refractivity (Wildman–Crippen MR) is 97.4 cm³/mol. The Bertz CT molecular complexity index is 855. The third-order valence-electron chi connectivity index (χ3n) is 4.60. The zero-order valence-corrected chi connectivity index (χ0v) is 15.4. The molecule has 2 aromatic rings. The molecule has 1 saturated heterocycles. The van der Waals surface area contributed by atoms with Gasteiger partial charge in [-0.25, -0.2) is 14.8 Å². The number of carboxylic acid groups (broad SMARTS) is 1. The lowest BCUT2D eigenvalue weighted by atomic mass is 9.93. The van der Waals surface area contributed by atoms with Gasteiger partial charge < -0.3 is 14.7 Å². The Balaban J connectivity index is 1.88. The van der Waals surface area contributed by atoms with E-state index in [4.69, 9.17) is 4.74 Å². The highest BCUT2D eigenvalue weighted by Gasteiger charge is 2.26. The van der Waals surface area contributed by atoms with Crippen LogP contribution in [-0.2, 0) is 9.53 Å². The highest BCUT2D eigenvalue weighted by Crippen LogP contribution is 2.28. The minimum absolute atomic E-state index is 0.0217. The van der Waals surface area contributed by atoms with Crippen molar-refractivity contribution in [3.63, 3.8) is 0 Å². The Morgan fingerprint density at radius 2 is 2.11 bits per heavy atom. The molecule has 1 amide bonds. The first-order valence-electron chi connectivity index (χ1n) is 8.79. The van der Waals surface area contributed by atoms with Crippen LogP contribution in [-0.4, -0.2) is 63.6 Å². The number of carbonyl (C=O) groups excluding carboxylic acids is 1. The Morgan fingerprint density at radius 3 is 2.85 bits per heavy atom. The summed E-state index contributed by atoms with van der Waals surface area (Å²) in [5.74, 6) is -0.347. The number of hydrogen-bond acceptors (Lipinski definition) is 6. The van der Waals surface area contributed by atoms with Crippen molar-refractivity contribution < 1.29 is 19.4 Å². The van der Waals surface area contributed by atoms with Crippen LogP contribution in [0.4, 0.5) is 0 Å². The van der Waals surface area contributed by atoms with Crippen molar-refractivity contribution in [2.24, 2.45) is 0 Å². The zero-order chi connectivity index (χ0) is 19.4. The van der Waals surface area contributed by atoms with Gasteiger partial charge >= 0.3 is 5.97 Å². The SMILES string of the molecule is COCC(=O)N1CCC[C@@H](c2cc(-c3cncc(C(=O)O)c3)nc(C)n2)C1. The lowest BCUT2D eigenvalue weighted by molar-refractivity contribution is -0.136. The normalized spacial score (nSPS) is 17.0. The van der Waals surface area contributed by atoms with Gasteiger partial charge in [0, 0.05) is 49.8 Å². The summed E-state index contributed by atoms with van der Waals surface area (Å²) in [6, 6.07) is 3.42. The molecule has 2 aromatic heterocycles. The maximum absolute atomic E-state index is 12.1. The molecule has 27 heavy (non-hydrogen) atoms. The Labute approximate surface area is 157 Å². The quantitative estimate of drug-likeness (QED) is 0.857. The number of carbonyl (C=O) groups is 2. The largest absolute Gasteiger partial charge is 0.478 e. The lowest BCUT2D eigenvalue weighted by Gasteiger charge is -2.32. The number of nitrogens with zero attached hydrogens (tertiary/aromatic N) is 4. The van der Waals surface area contributed by atoms with Crippen molar-refractivity contribution in [3.05, 3.63) is 41.6 Å². The first-order chi connectivity index (χ1) is 13.0. The summed E-state index contributed by atoms with van der Waals surface area (Å²) < 4.78 is 4.95. The van der Waals surface area contributed by atoms with Gasteiger partial charge in [-0.1, -0.05) is 0 Å².